The molecular weight excluding hydrogens is 423 g/mol. The van der Waals surface area contributed by atoms with Crippen molar-refractivity contribution < 1.29 is 14.3 Å². The topological polar surface area (TPSA) is 58.6 Å². The Morgan fingerprint density at radius 3 is 2.53 bits per heavy atom. The van der Waals surface area contributed by atoms with Crippen LogP contribution in [0.25, 0.3) is 0 Å². The summed E-state index contributed by atoms with van der Waals surface area (Å²) in [6.45, 7) is 2.19. The molecule has 2 aliphatic rings. The molecule has 0 bridgehead atoms. The summed E-state index contributed by atoms with van der Waals surface area (Å²) >= 11 is 12.1. The van der Waals surface area contributed by atoms with Crippen molar-refractivity contribution in [3.63, 3.8) is 0 Å². The molecule has 0 saturated carbocycles. The Labute approximate surface area is 186 Å². The number of carbonyl (C=O) groups excluding carboxylic acids is 2. The van der Waals surface area contributed by atoms with Gasteiger partial charge in [0.25, 0.3) is 0 Å². The smallest absolute Gasteiger partial charge is 0.227 e. The van der Waals surface area contributed by atoms with Gasteiger partial charge in [-0.25, -0.2) is 0 Å². The highest BCUT2D eigenvalue weighted by atomic mass is 35.5. The summed E-state index contributed by atoms with van der Waals surface area (Å²) < 4.78 is 5.56. The number of benzene rings is 2. The van der Waals surface area contributed by atoms with Crippen molar-refractivity contribution in [1.29, 1.82) is 0 Å². The number of carbonyl (C=O) groups is 2. The van der Waals surface area contributed by atoms with E-state index in [9.17, 15) is 9.59 Å². The molecule has 7 heteroatoms. The molecular formula is C23H24Cl2N2O3. The molecule has 2 saturated heterocycles. The zero-order chi connectivity index (χ0) is 21.1. The average Bonchev–Trinajstić information content (AvgIpc) is 3.15. The van der Waals surface area contributed by atoms with E-state index in [-0.39, 0.29) is 29.6 Å². The van der Waals surface area contributed by atoms with Crippen molar-refractivity contribution in [2.75, 3.05) is 31.2 Å². The lowest BCUT2D eigenvalue weighted by molar-refractivity contribution is -0.126. The summed E-state index contributed by atoms with van der Waals surface area (Å²) in [6.07, 6.45) is 1.86. The number of anilines is 1. The highest BCUT2D eigenvalue weighted by Crippen LogP contribution is 2.35. The number of halogens is 2. The highest BCUT2D eigenvalue weighted by Gasteiger charge is 2.38. The van der Waals surface area contributed by atoms with Crippen LogP contribution in [-0.2, 0) is 19.7 Å². The Kier molecular flexibility index (Phi) is 6.32. The number of amides is 2. The lowest BCUT2D eigenvalue weighted by Gasteiger charge is -2.38. The van der Waals surface area contributed by atoms with Gasteiger partial charge in [0.1, 0.15) is 0 Å². The molecule has 2 aliphatic heterocycles. The molecule has 30 heavy (non-hydrogen) atoms. The van der Waals surface area contributed by atoms with Gasteiger partial charge in [-0.1, -0.05) is 41.4 Å². The van der Waals surface area contributed by atoms with Crippen LogP contribution >= 0.6 is 23.2 Å². The molecule has 4 rings (SSSR count). The van der Waals surface area contributed by atoms with E-state index in [1.807, 2.05) is 30.3 Å². The third-order valence-electron chi connectivity index (χ3n) is 6.12. The maximum absolute atomic E-state index is 12.9. The van der Waals surface area contributed by atoms with Crippen LogP contribution in [0.1, 0.15) is 24.8 Å². The van der Waals surface area contributed by atoms with Crippen molar-refractivity contribution in [3.8, 4) is 0 Å². The Hall–Kier alpha value is -2.08. The standard InChI is InChI=1S/C23H24Cl2N2O3/c24-18-6-4-17(5-7-18)23(8-10-30-11-9-23)15-26-22(29)16-12-21(28)27(14-16)20-3-1-2-19(25)13-20/h1-7,13,16H,8-12,14-15H2,(H,26,29). The van der Waals surface area contributed by atoms with E-state index < -0.39 is 0 Å². The molecule has 1 atom stereocenters. The summed E-state index contributed by atoms with van der Waals surface area (Å²) in [5.74, 6) is -0.526. The predicted octanol–water partition coefficient (Wildman–Crippen LogP) is 4.21. The van der Waals surface area contributed by atoms with Crippen molar-refractivity contribution in [2.24, 2.45) is 5.92 Å². The van der Waals surface area contributed by atoms with Crippen LogP contribution < -0.4 is 10.2 Å². The first-order chi connectivity index (χ1) is 14.5. The van der Waals surface area contributed by atoms with Gasteiger partial charge in [0.05, 0.1) is 5.92 Å². The first-order valence-corrected chi connectivity index (χ1v) is 10.9. The molecule has 158 valence electrons. The van der Waals surface area contributed by atoms with E-state index in [4.69, 9.17) is 27.9 Å². The van der Waals surface area contributed by atoms with Crippen LogP contribution in [0.5, 0.6) is 0 Å². The average molecular weight is 447 g/mol. The van der Waals surface area contributed by atoms with Crippen LogP contribution in [0.3, 0.4) is 0 Å². The van der Waals surface area contributed by atoms with Gasteiger partial charge in [-0.05, 0) is 48.7 Å². The summed E-state index contributed by atoms with van der Waals surface area (Å²) in [4.78, 5) is 27.1. The molecule has 2 aromatic rings. The number of ether oxygens (including phenoxy) is 1. The van der Waals surface area contributed by atoms with Gasteiger partial charge >= 0.3 is 0 Å². The number of hydrogen-bond donors (Lipinski definition) is 1. The van der Waals surface area contributed by atoms with Crippen molar-refractivity contribution in [1.82, 2.24) is 5.32 Å². The van der Waals surface area contributed by atoms with Crippen LogP contribution in [0.2, 0.25) is 10.0 Å². The summed E-state index contributed by atoms with van der Waals surface area (Å²) in [6, 6.07) is 15.0. The third kappa shape index (κ3) is 4.48. The number of hydrogen-bond acceptors (Lipinski definition) is 3. The van der Waals surface area contributed by atoms with Gasteiger partial charge in [-0.2, -0.15) is 0 Å². The van der Waals surface area contributed by atoms with E-state index in [2.05, 4.69) is 5.32 Å². The fraction of sp³-hybridized carbons (Fsp3) is 0.391. The lowest BCUT2D eigenvalue weighted by atomic mass is 9.74. The molecule has 5 nitrogen and oxygen atoms in total. The SMILES string of the molecule is O=C(NCC1(c2ccc(Cl)cc2)CCOCC1)C1CC(=O)N(c2cccc(Cl)c2)C1. The second-order valence-corrected chi connectivity index (χ2v) is 8.88. The molecule has 2 amide bonds. The number of nitrogens with one attached hydrogen (secondary N) is 1. The van der Waals surface area contributed by atoms with Crippen LogP contribution in [-0.4, -0.2) is 38.1 Å². The maximum Gasteiger partial charge on any atom is 0.227 e. The molecule has 0 spiro atoms. The minimum atomic E-state index is -0.376. The van der Waals surface area contributed by atoms with E-state index >= 15 is 0 Å². The van der Waals surface area contributed by atoms with E-state index in [1.54, 1.807) is 23.1 Å². The van der Waals surface area contributed by atoms with Gasteiger partial charge in [-0.15, -0.1) is 0 Å². The van der Waals surface area contributed by atoms with Gasteiger partial charge in [0.2, 0.25) is 11.8 Å². The lowest BCUT2D eigenvalue weighted by Crippen LogP contribution is -2.46. The van der Waals surface area contributed by atoms with Gasteiger partial charge < -0.3 is 15.0 Å². The van der Waals surface area contributed by atoms with Crippen molar-refractivity contribution in [2.45, 2.75) is 24.7 Å². The van der Waals surface area contributed by atoms with Gasteiger partial charge in [0, 0.05) is 53.9 Å². The molecule has 1 unspecified atom stereocenters. The Balaban J connectivity index is 1.44. The van der Waals surface area contributed by atoms with Crippen LogP contribution in [0.4, 0.5) is 5.69 Å². The van der Waals surface area contributed by atoms with E-state index in [1.165, 1.54) is 0 Å². The maximum atomic E-state index is 12.9. The molecule has 2 aromatic carbocycles. The predicted molar refractivity (Wildman–Crippen MR) is 118 cm³/mol. The first-order valence-electron chi connectivity index (χ1n) is 10.1. The fourth-order valence-electron chi connectivity index (χ4n) is 4.31. The number of rotatable bonds is 5. The zero-order valence-electron chi connectivity index (χ0n) is 16.6. The number of nitrogens with zero attached hydrogens (tertiary/aromatic N) is 1. The molecule has 1 N–H and O–H groups in total. The minimum Gasteiger partial charge on any atom is -0.381 e. The highest BCUT2D eigenvalue weighted by molar-refractivity contribution is 6.31. The Morgan fingerprint density at radius 1 is 1.10 bits per heavy atom. The second-order valence-electron chi connectivity index (χ2n) is 8.00. The first kappa shape index (κ1) is 21.2. The van der Waals surface area contributed by atoms with Crippen LogP contribution in [0, 0.1) is 5.92 Å². The normalized spacial score (nSPS) is 20.9. The molecule has 2 heterocycles. The minimum absolute atomic E-state index is 0.0594. The summed E-state index contributed by atoms with van der Waals surface area (Å²) in [5, 5.41) is 4.38. The van der Waals surface area contributed by atoms with Crippen LogP contribution in [0.15, 0.2) is 48.5 Å². The molecule has 0 aromatic heterocycles. The monoisotopic (exact) mass is 446 g/mol. The molecule has 0 aliphatic carbocycles. The summed E-state index contributed by atoms with van der Waals surface area (Å²) in [7, 11) is 0. The quantitative estimate of drug-likeness (QED) is 0.747. The fourth-order valence-corrected chi connectivity index (χ4v) is 4.62. The zero-order valence-corrected chi connectivity index (χ0v) is 18.1. The molecule has 2 fully saturated rings. The Morgan fingerprint density at radius 2 is 1.83 bits per heavy atom. The van der Waals surface area contributed by atoms with Gasteiger partial charge in [0.15, 0.2) is 0 Å². The Bertz CT molecular complexity index is 926. The van der Waals surface area contributed by atoms with E-state index in [0.717, 1.165) is 24.1 Å². The molecule has 0 radical (unpaired) electrons. The second kappa shape index (κ2) is 8.96. The largest absolute Gasteiger partial charge is 0.381 e. The van der Waals surface area contributed by atoms with Gasteiger partial charge in [-0.3, -0.25) is 9.59 Å². The third-order valence-corrected chi connectivity index (χ3v) is 6.61. The van der Waals surface area contributed by atoms with E-state index in [0.29, 0.717) is 36.3 Å². The summed E-state index contributed by atoms with van der Waals surface area (Å²) in [5.41, 5.74) is 1.69. The van der Waals surface area contributed by atoms with Crippen molar-refractivity contribution in [3.05, 3.63) is 64.1 Å². The van der Waals surface area contributed by atoms with Crippen molar-refractivity contribution >= 4 is 40.7 Å².